The Morgan fingerprint density at radius 3 is 3.25 bits per heavy atom. The minimum atomic E-state index is 1.00. The predicted octanol–water partition coefficient (Wildman–Crippen LogP) is 1.01. The van der Waals surface area contributed by atoms with E-state index in [0.29, 0.717) is 0 Å². The average Bonchev–Trinajstić information content (AvgIpc) is 2.50. The second-order valence-corrected chi connectivity index (χ2v) is 3.30. The minimum Gasteiger partial charge on any atom is -0.312 e. The summed E-state index contributed by atoms with van der Waals surface area (Å²) in [6.07, 6.45) is 3.39. The lowest BCUT2D eigenvalue weighted by Crippen LogP contribution is -2.23. The third kappa shape index (κ3) is 1.25. The van der Waals surface area contributed by atoms with Gasteiger partial charge >= 0.3 is 0 Å². The highest BCUT2D eigenvalue weighted by molar-refractivity contribution is 5.27. The number of fused-ring (bicyclic) bond motifs is 1. The van der Waals surface area contributed by atoms with E-state index < -0.39 is 0 Å². The number of aryl methyl sites for hydroxylation is 1. The second-order valence-electron chi connectivity index (χ2n) is 3.30. The molecule has 0 bridgehead atoms. The summed E-state index contributed by atoms with van der Waals surface area (Å²) >= 11 is 0. The van der Waals surface area contributed by atoms with Crippen molar-refractivity contribution < 1.29 is 0 Å². The Morgan fingerprint density at radius 2 is 2.42 bits per heavy atom. The Morgan fingerprint density at radius 1 is 1.50 bits per heavy atom. The number of nitrogens with one attached hydrogen (secondary N) is 2. The first-order valence-corrected chi connectivity index (χ1v) is 4.67. The molecule has 0 saturated carbocycles. The smallest absolute Gasteiger partial charge is 0.0669 e. The molecular weight excluding hydrogens is 150 g/mol. The van der Waals surface area contributed by atoms with Crippen molar-refractivity contribution in [3.63, 3.8) is 0 Å². The van der Waals surface area contributed by atoms with Gasteiger partial charge in [-0.05, 0) is 6.42 Å². The molecule has 2 heterocycles. The Bertz CT molecular complexity index is 265. The van der Waals surface area contributed by atoms with Crippen LogP contribution in [0.1, 0.15) is 30.3 Å². The summed E-state index contributed by atoms with van der Waals surface area (Å²) in [6, 6.07) is 0. The molecule has 66 valence electrons. The van der Waals surface area contributed by atoms with Gasteiger partial charge in [-0.15, -0.1) is 0 Å². The van der Waals surface area contributed by atoms with Gasteiger partial charge < -0.3 is 5.32 Å². The van der Waals surface area contributed by atoms with E-state index in [1.54, 1.807) is 0 Å². The monoisotopic (exact) mass is 165 g/mol. The zero-order valence-corrected chi connectivity index (χ0v) is 7.48. The van der Waals surface area contributed by atoms with Gasteiger partial charge in [-0.1, -0.05) is 13.3 Å². The fourth-order valence-electron chi connectivity index (χ4n) is 1.73. The van der Waals surface area contributed by atoms with Crippen molar-refractivity contribution in [3.05, 3.63) is 17.0 Å². The van der Waals surface area contributed by atoms with E-state index in [-0.39, 0.29) is 0 Å². The molecule has 0 amide bonds. The van der Waals surface area contributed by atoms with Crippen LogP contribution in [0, 0.1) is 0 Å². The third-order valence-corrected chi connectivity index (χ3v) is 2.38. The van der Waals surface area contributed by atoms with Crippen LogP contribution in [0.4, 0.5) is 0 Å². The summed E-state index contributed by atoms with van der Waals surface area (Å²) in [4.78, 5) is 0. The third-order valence-electron chi connectivity index (χ3n) is 2.38. The van der Waals surface area contributed by atoms with Gasteiger partial charge in [-0.2, -0.15) is 5.10 Å². The van der Waals surface area contributed by atoms with Crippen molar-refractivity contribution in [1.29, 1.82) is 0 Å². The van der Waals surface area contributed by atoms with Gasteiger partial charge in [0.1, 0.15) is 0 Å². The lowest BCUT2D eigenvalue weighted by atomic mass is 10.1. The molecule has 3 nitrogen and oxygen atoms in total. The molecule has 0 unspecified atom stereocenters. The van der Waals surface area contributed by atoms with Crippen LogP contribution in [-0.2, 0) is 19.4 Å². The van der Waals surface area contributed by atoms with Gasteiger partial charge in [0.2, 0.25) is 0 Å². The highest BCUT2D eigenvalue weighted by atomic mass is 15.1. The van der Waals surface area contributed by atoms with E-state index in [2.05, 4.69) is 22.4 Å². The molecule has 12 heavy (non-hydrogen) atoms. The van der Waals surface area contributed by atoms with Gasteiger partial charge in [0.05, 0.1) is 5.69 Å². The maximum atomic E-state index is 4.32. The van der Waals surface area contributed by atoms with E-state index in [1.807, 2.05) is 0 Å². The zero-order valence-electron chi connectivity index (χ0n) is 7.48. The number of H-pyrrole nitrogens is 1. The summed E-state index contributed by atoms with van der Waals surface area (Å²) < 4.78 is 0. The Kier molecular flexibility index (Phi) is 2.13. The van der Waals surface area contributed by atoms with E-state index in [9.17, 15) is 0 Å². The standard InChI is InChI=1S/C9H15N3/c1-2-3-8-7-6-10-5-4-9(7)12-11-8/h10H,2-6H2,1H3,(H,11,12). The Labute approximate surface area is 72.6 Å². The van der Waals surface area contributed by atoms with Crippen molar-refractivity contribution in [2.24, 2.45) is 0 Å². The molecule has 1 aliphatic heterocycles. The number of hydrogen-bond donors (Lipinski definition) is 2. The predicted molar refractivity (Wildman–Crippen MR) is 48.0 cm³/mol. The SMILES string of the molecule is CCCc1n[nH]c2c1CNCC2. The van der Waals surface area contributed by atoms with E-state index in [0.717, 1.165) is 25.9 Å². The van der Waals surface area contributed by atoms with Gasteiger partial charge in [0, 0.05) is 30.8 Å². The minimum absolute atomic E-state index is 1.00. The first-order chi connectivity index (χ1) is 5.92. The molecule has 0 saturated heterocycles. The van der Waals surface area contributed by atoms with Gasteiger partial charge in [0.15, 0.2) is 0 Å². The largest absolute Gasteiger partial charge is 0.312 e. The molecule has 0 aliphatic carbocycles. The second kappa shape index (κ2) is 3.27. The zero-order chi connectivity index (χ0) is 8.39. The number of aromatic amines is 1. The maximum Gasteiger partial charge on any atom is 0.0669 e. The summed E-state index contributed by atoms with van der Waals surface area (Å²) in [5.74, 6) is 0. The van der Waals surface area contributed by atoms with Crippen LogP contribution in [0.25, 0.3) is 0 Å². The normalized spacial score (nSPS) is 16.1. The molecule has 1 aromatic rings. The number of rotatable bonds is 2. The molecule has 2 rings (SSSR count). The van der Waals surface area contributed by atoms with Crippen LogP contribution < -0.4 is 5.32 Å². The lowest BCUT2D eigenvalue weighted by Gasteiger charge is -2.12. The van der Waals surface area contributed by atoms with Crippen molar-refractivity contribution in [2.75, 3.05) is 6.54 Å². The molecule has 0 spiro atoms. The molecule has 0 aromatic carbocycles. The average molecular weight is 165 g/mol. The number of hydrogen-bond acceptors (Lipinski definition) is 2. The highest BCUT2D eigenvalue weighted by Crippen LogP contribution is 2.16. The molecule has 1 aliphatic rings. The first kappa shape index (κ1) is 7.80. The molecule has 2 N–H and O–H groups in total. The van der Waals surface area contributed by atoms with Crippen LogP contribution in [0.5, 0.6) is 0 Å². The first-order valence-electron chi connectivity index (χ1n) is 4.67. The summed E-state index contributed by atoms with van der Waals surface area (Å²) in [6.45, 7) is 4.28. The van der Waals surface area contributed by atoms with E-state index in [1.165, 1.54) is 23.4 Å². The molecule has 0 fully saturated rings. The molecular formula is C9H15N3. The van der Waals surface area contributed by atoms with Crippen LogP contribution in [0.15, 0.2) is 0 Å². The quantitative estimate of drug-likeness (QED) is 0.686. The van der Waals surface area contributed by atoms with Crippen molar-refractivity contribution >= 4 is 0 Å². The van der Waals surface area contributed by atoms with Crippen molar-refractivity contribution in [2.45, 2.75) is 32.7 Å². The van der Waals surface area contributed by atoms with Gasteiger partial charge in [-0.25, -0.2) is 0 Å². The van der Waals surface area contributed by atoms with Crippen LogP contribution >= 0.6 is 0 Å². The van der Waals surface area contributed by atoms with Gasteiger partial charge in [0.25, 0.3) is 0 Å². The van der Waals surface area contributed by atoms with Crippen LogP contribution in [0.2, 0.25) is 0 Å². The fourth-order valence-corrected chi connectivity index (χ4v) is 1.73. The fraction of sp³-hybridized carbons (Fsp3) is 0.667. The van der Waals surface area contributed by atoms with Crippen molar-refractivity contribution in [1.82, 2.24) is 15.5 Å². The summed E-state index contributed by atoms with van der Waals surface area (Å²) in [5, 5.41) is 10.8. The highest BCUT2D eigenvalue weighted by Gasteiger charge is 2.14. The van der Waals surface area contributed by atoms with Gasteiger partial charge in [-0.3, -0.25) is 5.10 Å². The van der Waals surface area contributed by atoms with E-state index >= 15 is 0 Å². The molecule has 1 aromatic heterocycles. The Hall–Kier alpha value is -0.830. The number of nitrogens with zero attached hydrogens (tertiary/aromatic N) is 1. The Balaban J connectivity index is 2.25. The molecule has 0 atom stereocenters. The van der Waals surface area contributed by atoms with E-state index in [4.69, 9.17) is 0 Å². The molecule has 0 radical (unpaired) electrons. The summed E-state index contributed by atoms with van der Waals surface area (Å²) in [7, 11) is 0. The maximum absolute atomic E-state index is 4.32. The lowest BCUT2D eigenvalue weighted by molar-refractivity contribution is 0.633. The topological polar surface area (TPSA) is 40.7 Å². The van der Waals surface area contributed by atoms with Crippen LogP contribution in [-0.4, -0.2) is 16.7 Å². The van der Waals surface area contributed by atoms with Crippen molar-refractivity contribution in [3.8, 4) is 0 Å². The molecule has 3 heteroatoms. The number of aromatic nitrogens is 2. The summed E-state index contributed by atoms with van der Waals surface area (Å²) in [5.41, 5.74) is 4.03. The van der Waals surface area contributed by atoms with Crippen LogP contribution in [0.3, 0.4) is 0 Å².